The molecule has 0 aromatic heterocycles. The lowest BCUT2D eigenvalue weighted by Gasteiger charge is -2.31. The van der Waals surface area contributed by atoms with Crippen molar-refractivity contribution in [3.05, 3.63) is 34.9 Å². The van der Waals surface area contributed by atoms with Crippen molar-refractivity contribution in [2.24, 2.45) is 5.92 Å². The number of piperidine rings is 1. The number of benzene rings is 1. The fourth-order valence-electron chi connectivity index (χ4n) is 2.74. The minimum Gasteiger partial charge on any atom is -0.363 e. The normalized spacial score (nSPS) is 20.0. The Labute approximate surface area is 131 Å². The van der Waals surface area contributed by atoms with Gasteiger partial charge in [0.15, 0.2) is 0 Å². The Morgan fingerprint density at radius 3 is 3.10 bits per heavy atom. The Hall–Kier alpha value is -1.10. The molecule has 0 radical (unpaired) electrons. The Morgan fingerprint density at radius 1 is 1.57 bits per heavy atom. The lowest BCUT2D eigenvalue weighted by molar-refractivity contribution is -0.129. The van der Waals surface area contributed by atoms with Crippen molar-refractivity contribution in [3.8, 4) is 0 Å². The van der Waals surface area contributed by atoms with Crippen molar-refractivity contribution >= 4 is 17.5 Å². The fourth-order valence-corrected chi connectivity index (χ4v) is 2.94. The van der Waals surface area contributed by atoms with Gasteiger partial charge in [0.2, 0.25) is 5.91 Å². The first-order chi connectivity index (χ1) is 10.2. The molecule has 1 aromatic carbocycles. The average Bonchev–Trinajstić information content (AvgIpc) is 2.49. The molecular weight excluding hydrogens is 288 g/mol. The minimum absolute atomic E-state index is 0.0757. The Morgan fingerprint density at radius 2 is 2.43 bits per heavy atom. The highest BCUT2D eigenvalue weighted by molar-refractivity contribution is 6.30. The van der Waals surface area contributed by atoms with Crippen LogP contribution >= 0.6 is 11.6 Å². The molecule has 1 aromatic rings. The highest BCUT2D eigenvalue weighted by atomic mass is 35.5. The second-order valence-corrected chi connectivity index (χ2v) is 5.78. The largest absolute Gasteiger partial charge is 0.363 e. The second-order valence-electron chi connectivity index (χ2n) is 5.35. The van der Waals surface area contributed by atoms with Crippen LogP contribution in [0.15, 0.2) is 24.3 Å². The Kier molecular flexibility index (Phi) is 6.49. The number of amides is 1. The summed E-state index contributed by atoms with van der Waals surface area (Å²) in [4.78, 5) is 11.7. The van der Waals surface area contributed by atoms with Crippen LogP contribution < -0.4 is 10.6 Å². The van der Waals surface area contributed by atoms with Crippen LogP contribution in [-0.4, -0.2) is 32.1 Å². The van der Waals surface area contributed by atoms with Gasteiger partial charge in [-0.1, -0.05) is 23.7 Å². The van der Waals surface area contributed by atoms with E-state index in [4.69, 9.17) is 16.3 Å². The molecule has 4 nitrogen and oxygen atoms in total. The molecule has 1 saturated heterocycles. The molecule has 21 heavy (non-hydrogen) atoms. The Balaban J connectivity index is 2.07. The first-order valence-corrected chi connectivity index (χ1v) is 7.93. The summed E-state index contributed by atoms with van der Waals surface area (Å²) in [5.41, 5.74) is 1.04. The van der Waals surface area contributed by atoms with Crippen molar-refractivity contribution < 1.29 is 9.53 Å². The second kappa shape index (κ2) is 8.37. The number of ether oxygens (including phenoxy) is 1. The number of rotatable bonds is 6. The number of nitrogens with one attached hydrogen (secondary N) is 2. The predicted molar refractivity (Wildman–Crippen MR) is 84.4 cm³/mol. The molecule has 1 amide bonds. The van der Waals surface area contributed by atoms with E-state index in [1.807, 2.05) is 31.2 Å². The molecule has 116 valence electrons. The smallest absolute Gasteiger partial charge is 0.246 e. The van der Waals surface area contributed by atoms with Gasteiger partial charge in [-0.25, -0.2) is 0 Å². The van der Waals surface area contributed by atoms with Gasteiger partial charge in [-0.3, -0.25) is 4.79 Å². The number of halogens is 1. The summed E-state index contributed by atoms with van der Waals surface area (Å²) in [6, 6.07) is 7.73. The van der Waals surface area contributed by atoms with Crippen molar-refractivity contribution in [1.29, 1.82) is 0 Å². The number of carbonyl (C=O) groups is 1. The standard InChI is InChI=1S/C16H23ClN2O2/c1-2-19-15(20)11-21-16(13-6-4-8-18-10-13)12-5-3-7-14(17)9-12/h3,5,7,9,13,16,18H,2,4,6,8,10-11H2,1H3,(H,19,20). The monoisotopic (exact) mass is 310 g/mol. The summed E-state index contributed by atoms with van der Waals surface area (Å²) in [5.74, 6) is 0.292. The SMILES string of the molecule is CCNC(=O)COC(c1cccc(Cl)c1)C1CCCNC1. The zero-order valence-corrected chi connectivity index (χ0v) is 13.2. The number of likely N-dealkylation sites (N-methyl/N-ethyl adjacent to an activating group) is 1. The topological polar surface area (TPSA) is 50.4 Å². The van der Waals surface area contributed by atoms with Crippen molar-refractivity contribution in [2.45, 2.75) is 25.9 Å². The zero-order valence-electron chi connectivity index (χ0n) is 12.4. The van der Waals surface area contributed by atoms with Gasteiger partial charge >= 0.3 is 0 Å². The maximum absolute atomic E-state index is 11.7. The zero-order chi connectivity index (χ0) is 15.1. The highest BCUT2D eigenvalue weighted by Crippen LogP contribution is 2.31. The van der Waals surface area contributed by atoms with E-state index in [1.54, 1.807) is 0 Å². The predicted octanol–water partition coefficient (Wildman–Crippen LogP) is 2.53. The number of hydrogen-bond donors (Lipinski definition) is 2. The summed E-state index contributed by atoms with van der Waals surface area (Å²) < 4.78 is 5.93. The molecule has 5 heteroatoms. The van der Waals surface area contributed by atoms with E-state index in [0.717, 1.165) is 31.5 Å². The van der Waals surface area contributed by atoms with E-state index in [1.165, 1.54) is 0 Å². The molecule has 2 N–H and O–H groups in total. The summed E-state index contributed by atoms with van der Waals surface area (Å²) in [6.07, 6.45) is 2.13. The summed E-state index contributed by atoms with van der Waals surface area (Å²) in [7, 11) is 0. The van der Waals surface area contributed by atoms with Crippen LogP contribution in [-0.2, 0) is 9.53 Å². The van der Waals surface area contributed by atoms with Gasteiger partial charge < -0.3 is 15.4 Å². The maximum atomic E-state index is 11.7. The van der Waals surface area contributed by atoms with Crippen molar-refractivity contribution in [3.63, 3.8) is 0 Å². The van der Waals surface area contributed by atoms with Crippen LogP contribution in [0, 0.1) is 5.92 Å². The quantitative estimate of drug-likeness (QED) is 0.849. The van der Waals surface area contributed by atoms with E-state index < -0.39 is 0 Å². The molecule has 2 rings (SSSR count). The molecule has 0 saturated carbocycles. The van der Waals surface area contributed by atoms with Crippen molar-refractivity contribution in [1.82, 2.24) is 10.6 Å². The number of carbonyl (C=O) groups excluding carboxylic acids is 1. The first kappa shape index (κ1) is 16.3. The summed E-state index contributed by atoms with van der Waals surface area (Å²) in [5, 5.41) is 6.86. The van der Waals surface area contributed by atoms with E-state index in [-0.39, 0.29) is 18.6 Å². The molecule has 2 unspecified atom stereocenters. The van der Waals surface area contributed by atoms with Gasteiger partial charge in [0.05, 0.1) is 6.10 Å². The molecule has 0 aliphatic carbocycles. The lowest BCUT2D eigenvalue weighted by atomic mass is 9.89. The lowest BCUT2D eigenvalue weighted by Crippen LogP contribution is -2.36. The van der Waals surface area contributed by atoms with Crippen LogP contribution in [0.25, 0.3) is 0 Å². The minimum atomic E-state index is -0.0980. The Bertz CT molecular complexity index is 461. The molecule has 1 heterocycles. The van der Waals surface area contributed by atoms with Gasteiger partial charge in [-0.2, -0.15) is 0 Å². The number of hydrogen-bond acceptors (Lipinski definition) is 3. The summed E-state index contributed by atoms with van der Waals surface area (Å²) >= 11 is 6.09. The van der Waals surface area contributed by atoms with Crippen LogP contribution in [0.3, 0.4) is 0 Å². The maximum Gasteiger partial charge on any atom is 0.246 e. The molecule has 0 spiro atoms. The van der Waals surface area contributed by atoms with E-state index in [0.29, 0.717) is 17.5 Å². The van der Waals surface area contributed by atoms with Crippen LogP contribution in [0.1, 0.15) is 31.4 Å². The molecule has 1 fully saturated rings. The van der Waals surface area contributed by atoms with Gasteiger partial charge in [-0.15, -0.1) is 0 Å². The van der Waals surface area contributed by atoms with Gasteiger partial charge in [0.1, 0.15) is 6.61 Å². The van der Waals surface area contributed by atoms with Crippen molar-refractivity contribution in [2.75, 3.05) is 26.2 Å². The van der Waals surface area contributed by atoms with Crippen LogP contribution in [0.2, 0.25) is 5.02 Å². The van der Waals surface area contributed by atoms with E-state index in [9.17, 15) is 4.79 Å². The van der Waals surface area contributed by atoms with Crippen LogP contribution in [0.5, 0.6) is 0 Å². The average molecular weight is 311 g/mol. The van der Waals surface area contributed by atoms with E-state index >= 15 is 0 Å². The third-order valence-corrected chi connectivity index (χ3v) is 3.94. The van der Waals surface area contributed by atoms with Gasteiger partial charge in [0.25, 0.3) is 0 Å². The molecule has 1 aliphatic heterocycles. The first-order valence-electron chi connectivity index (χ1n) is 7.55. The molecule has 2 atom stereocenters. The van der Waals surface area contributed by atoms with Gasteiger partial charge in [0, 0.05) is 24.0 Å². The fraction of sp³-hybridized carbons (Fsp3) is 0.562. The summed E-state index contributed by atoms with van der Waals surface area (Å²) in [6.45, 7) is 4.57. The highest BCUT2D eigenvalue weighted by Gasteiger charge is 2.26. The molecule has 0 bridgehead atoms. The van der Waals surface area contributed by atoms with Crippen LogP contribution in [0.4, 0.5) is 0 Å². The molecular formula is C16H23ClN2O2. The third kappa shape index (κ3) is 4.99. The molecule has 1 aliphatic rings. The van der Waals surface area contributed by atoms with Gasteiger partial charge in [-0.05, 0) is 44.0 Å². The third-order valence-electron chi connectivity index (χ3n) is 3.71. The van der Waals surface area contributed by atoms with E-state index in [2.05, 4.69) is 10.6 Å².